The van der Waals surface area contributed by atoms with E-state index in [4.69, 9.17) is 4.74 Å². The summed E-state index contributed by atoms with van der Waals surface area (Å²) in [5.41, 5.74) is 2.43. The topological polar surface area (TPSA) is 41.5 Å². The molecule has 0 aliphatic heterocycles. The lowest BCUT2D eigenvalue weighted by molar-refractivity contribution is 0.142. The second-order valence-electron chi connectivity index (χ2n) is 6.91. The quantitative estimate of drug-likeness (QED) is 0.771. The molecular formula is C18H29NO2. The summed E-state index contributed by atoms with van der Waals surface area (Å²) in [4.78, 5) is 0. The molecule has 3 heteroatoms. The van der Waals surface area contributed by atoms with Crippen LogP contribution in [0.5, 0.6) is 5.75 Å². The summed E-state index contributed by atoms with van der Waals surface area (Å²) in [6.45, 7) is 9.39. The third-order valence-electron chi connectivity index (χ3n) is 4.26. The van der Waals surface area contributed by atoms with Crippen LogP contribution in [0.15, 0.2) is 18.2 Å². The Bertz CT molecular complexity index is 468. The summed E-state index contributed by atoms with van der Waals surface area (Å²) >= 11 is 0. The predicted molar refractivity (Wildman–Crippen MR) is 87.0 cm³/mol. The first kappa shape index (κ1) is 16.3. The molecule has 118 valence electrons. The first-order valence-electron chi connectivity index (χ1n) is 8.05. The van der Waals surface area contributed by atoms with E-state index in [1.54, 1.807) is 0 Å². The van der Waals surface area contributed by atoms with Gasteiger partial charge in [-0.15, -0.1) is 0 Å². The molecule has 3 nitrogen and oxygen atoms in total. The summed E-state index contributed by atoms with van der Waals surface area (Å²) < 4.78 is 5.87. The van der Waals surface area contributed by atoms with Gasteiger partial charge in [0.1, 0.15) is 5.75 Å². The Hall–Kier alpha value is -1.06. The molecule has 1 unspecified atom stereocenters. The zero-order valence-electron chi connectivity index (χ0n) is 13.8. The molecule has 2 rings (SSSR count). The van der Waals surface area contributed by atoms with E-state index >= 15 is 0 Å². The Kier molecular flexibility index (Phi) is 5.28. The van der Waals surface area contributed by atoms with Crippen molar-refractivity contribution in [2.45, 2.75) is 64.5 Å². The van der Waals surface area contributed by atoms with Gasteiger partial charge in [0.05, 0.1) is 13.2 Å². The summed E-state index contributed by atoms with van der Waals surface area (Å²) in [6.07, 6.45) is 3.27. The maximum Gasteiger partial charge on any atom is 0.119 e. The molecule has 0 radical (unpaired) electrons. The Labute approximate surface area is 128 Å². The fraction of sp³-hybridized carbons (Fsp3) is 0.667. The molecule has 1 aliphatic rings. The van der Waals surface area contributed by atoms with Gasteiger partial charge in [0.15, 0.2) is 0 Å². The van der Waals surface area contributed by atoms with E-state index in [0.29, 0.717) is 18.6 Å². The number of hydrogen-bond acceptors (Lipinski definition) is 3. The van der Waals surface area contributed by atoms with E-state index in [0.717, 1.165) is 12.2 Å². The summed E-state index contributed by atoms with van der Waals surface area (Å²) in [6, 6.07) is 6.91. The van der Waals surface area contributed by atoms with Crippen molar-refractivity contribution in [3.05, 3.63) is 29.3 Å². The van der Waals surface area contributed by atoms with Crippen molar-refractivity contribution in [3.63, 3.8) is 0 Å². The molecule has 0 heterocycles. The van der Waals surface area contributed by atoms with Crippen molar-refractivity contribution < 1.29 is 9.84 Å². The van der Waals surface area contributed by atoms with Crippen molar-refractivity contribution in [3.8, 4) is 5.75 Å². The minimum Gasteiger partial charge on any atom is -0.494 e. The Balaban J connectivity index is 1.86. The summed E-state index contributed by atoms with van der Waals surface area (Å²) in [5.74, 6) is 1.46. The minimum absolute atomic E-state index is 0.151. The Morgan fingerprint density at radius 3 is 2.62 bits per heavy atom. The normalized spacial score (nSPS) is 17.8. The van der Waals surface area contributed by atoms with Crippen LogP contribution in [-0.4, -0.2) is 29.9 Å². The van der Waals surface area contributed by atoms with Gasteiger partial charge in [-0.2, -0.15) is 0 Å². The van der Waals surface area contributed by atoms with Gasteiger partial charge >= 0.3 is 0 Å². The number of nitrogens with one attached hydrogen (secondary N) is 1. The molecule has 1 atom stereocenters. The number of aliphatic hydroxyl groups is 1. The third-order valence-corrected chi connectivity index (χ3v) is 4.26. The number of rotatable bonds is 8. The number of ether oxygens (including phenoxy) is 1. The molecule has 1 aromatic rings. The van der Waals surface area contributed by atoms with Gasteiger partial charge in [-0.25, -0.2) is 0 Å². The lowest BCUT2D eigenvalue weighted by atomic mass is 9.98. The van der Waals surface area contributed by atoms with Gasteiger partial charge in [0.25, 0.3) is 0 Å². The smallest absolute Gasteiger partial charge is 0.119 e. The third kappa shape index (κ3) is 4.72. The lowest BCUT2D eigenvalue weighted by Crippen LogP contribution is -2.48. The Morgan fingerprint density at radius 2 is 2.10 bits per heavy atom. The molecule has 1 aliphatic carbocycles. The number of aliphatic hydroxyl groups excluding tert-OH is 1. The van der Waals surface area contributed by atoms with Gasteiger partial charge in [-0.05, 0) is 55.9 Å². The molecule has 21 heavy (non-hydrogen) atoms. The number of hydrogen-bond donors (Lipinski definition) is 2. The molecule has 0 aromatic heterocycles. The van der Waals surface area contributed by atoms with Gasteiger partial charge < -0.3 is 15.2 Å². The SMILES string of the molecule is Cc1cc(OCCC(C)(CO)NC2CC2)ccc1C(C)C. The lowest BCUT2D eigenvalue weighted by Gasteiger charge is -2.29. The molecule has 1 aromatic carbocycles. The fourth-order valence-electron chi connectivity index (χ4n) is 2.70. The molecule has 0 spiro atoms. The van der Waals surface area contributed by atoms with Crippen LogP contribution in [0, 0.1) is 6.92 Å². The van der Waals surface area contributed by atoms with Gasteiger partial charge in [-0.3, -0.25) is 0 Å². The van der Waals surface area contributed by atoms with Gasteiger partial charge in [0.2, 0.25) is 0 Å². The van der Waals surface area contributed by atoms with E-state index in [-0.39, 0.29) is 12.1 Å². The van der Waals surface area contributed by atoms with E-state index < -0.39 is 0 Å². The largest absolute Gasteiger partial charge is 0.494 e. The first-order valence-corrected chi connectivity index (χ1v) is 8.05. The van der Waals surface area contributed by atoms with E-state index in [1.807, 2.05) is 6.07 Å². The molecular weight excluding hydrogens is 262 g/mol. The predicted octanol–water partition coefficient (Wildman–Crippen LogP) is 3.39. The highest BCUT2D eigenvalue weighted by Gasteiger charge is 2.31. The van der Waals surface area contributed by atoms with Gasteiger partial charge in [0, 0.05) is 18.0 Å². The maximum atomic E-state index is 9.58. The van der Waals surface area contributed by atoms with Crippen LogP contribution in [0.2, 0.25) is 0 Å². The first-order chi connectivity index (χ1) is 9.93. The van der Waals surface area contributed by atoms with Crippen LogP contribution in [0.1, 0.15) is 57.1 Å². The van der Waals surface area contributed by atoms with Crippen molar-refractivity contribution >= 4 is 0 Å². The number of aryl methyl sites for hydroxylation is 1. The van der Waals surface area contributed by atoms with Crippen LogP contribution in [0.25, 0.3) is 0 Å². The standard InChI is InChI=1S/C18H29NO2/c1-13(2)17-8-7-16(11-14(17)3)21-10-9-18(4,12-20)19-15-5-6-15/h7-8,11,13,15,19-20H,5-6,9-10,12H2,1-4H3. The fourth-order valence-corrected chi connectivity index (χ4v) is 2.70. The summed E-state index contributed by atoms with van der Waals surface area (Å²) in [7, 11) is 0. The van der Waals surface area contributed by atoms with Crippen LogP contribution >= 0.6 is 0 Å². The van der Waals surface area contributed by atoms with Gasteiger partial charge in [-0.1, -0.05) is 19.9 Å². The summed E-state index contributed by atoms with van der Waals surface area (Å²) in [5, 5.41) is 13.1. The van der Waals surface area contributed by atoms with Crippen LogP contribution in [-0.2, 0) is 0 Å². The molecule has 2 N–H and O–H groups in total. The minimum atomic E-state index is -0.228. The zero-order chi connectivity index (χ0) is 15.5. The van der Waals surface area contributed by atoms with E-state index in [2.05, 4.69) is 45.1 Å². The van der Waals surface area contributed by atoms with Crippen LogP contribution < -0.4 is 10.1 Å². The van der Waals surface area contributed by atoms with Crippen LogP contribution in [0.4, 0.5) is 0 Å². The van der Waals surface area contributed by atoms with E-state index in [9.17, 15) is 5.11 Å². The maximum absolute atomic E-state index is 9.58. The molecule has 1 fully saturated rings. The van der Waals surface area contributed by atoms with Crippen molar-refractivity contribution in [2.75, 3.05) is 13.2 Å². The second kappa shape index (κ2) is 6.80. The molecule has 1 saturated carbocycles. The zero-order valence-corrected chi connectivity index (χ0v) is 13.8. The average molecular weight is 291 g/mol. The van der Waals surface area contributed by atoms with Crippen molar-refractivity contribution in [1.29, 1.82) is 0 Å². The van der Waals surface area contributed by atoms with Crippen molar-refractivity contribution in [2.24, 2.45) is 0 Å². The highest BCUT2D eigenvalue weighted by molar-refractivity contribution is 5.36. The highest BCUT2D eigenvalue weighted by Crippen LogP contribution is 2.25. The molecule has 0 bridgehead atoms. The van der Waals surface area contributed by atoms with Crippen LogP contribution in [0.3, 0.4) is 0 Å². The molecule has 0 amide bonds. The average Bonchev–Trinajstić information content (AvgIpc) is 3.22. The second-order valence-corrected chi connectivity index (χ2v) is 6.91. The monoisotopic (exact) mass is 291 g/mol. The van der Waals surface area contributed by atoms with Crippen molar-refractivity contribution in [1.82, 2.24) is 5.32 Å². The van der Waals surface area contributed by atoms with E-state index in [1.165, 1.54) is 24.0 Å². The Morgan fingerprint density at radius 1 is 1.38 bits per heavy atom. The highest BCUT2D eigenvalue weighted by atomic mass is 16.5. The number of benzene rings is 1. The molecule has 0 saturated heterocycles.